The van der Waals surface area contributed by atoms with Gasteiger partial charge in [-0.2, -0.15) is 0 Å². The largest absolute Gasteiger partial charge is 0.466 e. The Hall–Kier alpha value is -1.09. The summed E-state index contributed by atoms with van der Waals surface area (Å²) in [6.07, 6.45) is 0. The SMILES string of the molecule is CC1(C)[N]C(=S)c2ccccc2O1. The monoisotopic (exact) mass is 192 g/mol. The van der Waals surface area contributed by atoms with Crippen LogP contribution < -0.4 is 10.1 Å². The number of fused-ring (bicyclic) bond motifs is 1. The van der Waals surface area contributed by atoms with Gasteiger partial charge in [0.2, 0.25) is 0 Å². The van der Waals surface area contributed by atoms with E-state index in [1.54, 1.807) is 0 Å². The van der Waals surface area contributed by atoms with Gasteiger partial charge < -0.3 is 4.74 Å². The van der Waals surface area contributed by atoms with Crippen LogP contribution >= 0.6 is 12.2 Å². The van der Waals surface area contributed by atoms with E-state index in [0.29, 0.717) is 4.99 Å². The zero-order valence-corrected chi connectivity index (χ0v) is 8.39. The molecule has 1 aromatic rings. The summed E-state index contributed by atoms with van der Waals surface area (Å²) in [5, 5.41) is 4.27. The molecule has 1 aliphatic rings. The molecule has 0 atom stereocenters. The highest BCUT2D eigenvalue weighted by Gasteiger charge is 2.30. The van der Waals surface area contributed by atoms with E-state index in [9.17, 15) is 0 Å². The lowest BCUT2D eigenvalue weighted by Crippen LogP contribution is -2.45. The summed E-state index contributed by atoms with van der Waals surface area (Å²) in [4.78, 5) is 0.631. The van der Waals surface area contributed by atoms with Crippen LogP contribution in [-0.2, 0) is 0 Å². The fourth-order valence-electron chi connectivity index (χ4n) is 1.33. The van der Waals surface area contributed by atoms with Crippen LogP contribution in [0.25, 0.3) is 0 Å². The minimum absolute atomic E-state index is 0.522. The molecule has 1 aliphatic heterocycles. The maximum absolute atomic E-state index is 5.64. The Labute approximate surface area is 82.9 Å². The molecule has 0 saturated heterocycles. The van der Waals surface area contributed by atoms with Crippen molar-refractivity contribution in [3.05, 3.63) is 29.8 Å². The molecule has 0 N–H and O–H groups in total. The van der Waals surface area contributed by atoms with Crippen LogP contribution in [0.4, 0.5) is 0 Å². The third kappa shape index (κ3) is 1.52. The Morgan fingerprint density at radius 1 is 1.31 bits per heavy atom. The first-order chi connectivity index (χ1) is 6.08. The summed E-state index contributed by atoms with van der Waals surface area (Å²) < 4.78 is 5.64. The van der Waals surface area contributed by atoms with E-state index >= 15 is 0 Å². The standard InChI is InChI=1S/C10H10NOS/c1-10(2)11-9(13)7-5-3-4-6-8(7)12-10/h3-6H,1-2H3. The predicted octanol–water partition coefficient (Wildman–Crippen LogP) is 2.09. The van der Waals surface area contributed by atoms with Crippen molar-refractivity contribution in [2.24, 2.45) is 0 Å². The third-order valence-corrected chi connectivity index (χ3v) is 2.16. The van der Waals surface area contributed by atoms with Gasteiger partial charge >= 0.3 is 0 Å². The summed E-state index contributed by atoms with van der Waals surface area (Å²) in [6, 6.07) is 7.71. The molecule has 0 unspecified atom stereocenters. The van der Waals surface area contributed by atoms with Crippen LogP contribution in [0.1, 0.15) is 19.4 Å². The normalized spacial score (nSPS) is 18.5. The Bertz CT molecular complexity index is 360. The van der Waals surface area contributed by atoms with Crippen LogP contribution in [0.5, 0.6) is 5.75 Å². The number of hydrogen-bond acceptors (Lipinski definition) is 2. The third-order valence-electron chi connectivity index (χ3n) is 1.85. The highest BCUT2D eigenvalue weighted by molar-refractivity contribution is 7.80. The van der Waals surface area contributed by atoms with E-state index in [-0.39, 0.29) is 0 Å². The molecule has 1 radical (unpaired) electrons. The van der Waals surface area contributed by atoms with Crippen molar-refractivity contribution >= 4 is 17.2 Å². The van der Waals surface area contributed by atoms with Crippen LogP contribution in [0, 0.1) is 0 Å². The summed E-state index contributed by atoms with van der Waals surface area (Å²) >= 11 is 5.16. The van der Waals surface area contributed by atoms with Crippen molar-refractivity contribution in [3.8, 4) is 5.75 Å². The minimum Gasteiger partial charge on any atom is -0.466 e. The lowest BCUT2D eigenvalue weighted by atomic mass is 10.1. The number of rotatable bonds is 0. The molecule has 1 heterocycles. The van der Waals surface area contributed by atoms with Crippen molar-refractivity contribution in [3.63, 3.8) is 0 Å². The van der Waals surface area contributed by atoms with Gasteiger partial charge in [0.15, 0.2) is 5.72 Å². The summed E-state index contributed by atoms with van der Waals surface area (Å²) in [5.74, 6) is 0.826. The number of benzene rings is 1. The Morgan fingerprint density at radius 2 is 2.00 bits per heavy atom. The molecule has 0 amide bonds. The van der Waals surface area contributed by atoms with Crippen molar-refractivity contribution in [1.29, 1.82) is 0 Å². The Kier molecular flexibility index (Phi) is 1.77. The molecule has 0 aromatic heterocycles. The number of nitrogens with zero attached hydrogens (tertiary/aromatic N) is 1. The predicted molar refractivity (Wildman–Crippen MR) is 55.0 cm³/mol. The van der Waals surface area contributed by atoms with Gasteiger partial charge in [0.25, 0.3) is 0 Å². The first-order valence-corrected chi connectivity index (χ1v) is 4.55. The van der Waals surface area contributed by atoms with Gasteiger partial charge in [-0.3, -0.25) is 0 Å². The number of para-hydroxylation sites is 1. The Morgan fingerprint density at radius 3 is 2.77 bits per heavy atom. The molecule has 13 heavy (non-hydrogen) atoms. The topological polar surface area (TPSA) is 23.3 Å². The van der Waals surface area contributed by atoms with E-state index in [1.807, 2.05) is 38.1 Å². The van der Waals surface area contributed by atoms with Crippen LogP contribution in [0.3, 0.4) is 0 Å². The molecule has 0 fully saturated rings. The molecule has 0 spiro atoms. The van der Waals surface area contributed by atoms with Crippen molar-refractivity contribution in [1.82, 2.24) is 5.32 Å². The van der Waals surface area contributed by atoms with Crippen molar-refractivity contribution in [2.75, 3.05) is 0 Å². The number of ether oxygens (including phenoxy) is 1. The fourth-order valence-corrected chi connectivity index (χ4v) is 1.72. The van der Waals surface area contributed by atoms with Gasteiger partial charge in [0.05, 0.1) is 5.56 Å². The van der Waals surface area contributed by atoms with Gasteiger partial charge in [-0.1, -0.05) is 24.4 Å². The highest BCUT2D eigenvalue weighted by Crippen LogP contribution is 2.28. The highest BCUT2D eigenvalue weighted by atomic mass is 32.1. The number of thiocarbonyl (C=S) groups is 1. The summed E-state index contributed by atoms with van der Waals surface area (Å²) in [5.41, 5.74) is 0.391. The number of hydrogen-bond donors (Lipinski definition) is 0. The quantitative estimate of drug-likeness (QED) is 0.588. The fraction of sp³-hybridized carbons (Fsp3) is 0.300. The molecule has 0 saturated carbocycles. The zero-order chi connectivity index (χ0) is 9.47. The molecular weight excluding hydrogens is 182 g/mol. The molecule has 1 aromatic carbocycles. The van der Waals surface area contributed by atoms with E-state index in [0.717, 1.165) is 11.3 Å². The van der Waals surface area contributed by atoms with Gasteiger partial charge in [-0.15, -0.1) is 0 Å². The second-order valence-corrected chi connectivity index (χ2v) is 3.85. The van der Waals surface area contributed by atoms with Crippen molar-refractivity contribution in [2.45, 2.75) is 19.6 Å². The van der Waals surface area contributed by atoms with E-state index in [4.69, 9.17) is 17.0 Å². The van der Waals surface area contributed by atoms with E-state index in [2.05, 4.69) is 5.32 Å². The molecule has 2 rings (SSSR count). The van der Waals surface area contributed by atoms with E-state index < -0.39 is 5.72 Å². The van der Waals surface area contributed by atoms with Crippen molar-refractivity contribution < 1.29 is 4.74 Å². The molecular formula is C10H10NOS. The van der Waals surface area contributed by atoms with E-state index in [1.165, 1.54) is 0 Å². The lowest BCUT2D eigenvalue weighted by Gasteiger charge is -2.32. The zero-order valence-electron chi connectivity index (χ0n) is 7.57. The average molecular weight is 192 g/mol. The first-order valence-electron chi connectivity index (χ1n) is 4.14. The second kappa shape index (κ2) is 2.70. The smallest absolute Gasteiger partial charge is 0.196 e. The second-order valence-electron chi connectivity index (χ2n) is 3.46. The molecule has 3 heteroatoms. The van der Waals surface area contributed by atoms with Gasteiger partial charge in [0.1, 0.15) is 10.7 Å². The molecule has 67 valence electrons. The molecule has 0 bridgehead atoms. The van der Waals surface area contributed by atoms with Gasteiger partial charge in [-0.25, -0.2) is 5.32 Å². The van der Waals surface area contributed by atoms with Crippen LogP contribution in [-0.4, -0.2) is 10.7 Å². The molecule has 2 nitrogen and oxygen atoms in total. The van der Waals surface area contributed by atoms with Crippen LogP contribution in [0.2, 0.25) is 0 Å². The summed E-state index contributed by atoms with van der Waals surface area (Å²) in [7, 11) is 0. The minimum atomic E-state index is -0.522. The van der Waals surface area contributed by atoms with Gasteiger partial charge in [-0.05, 0) is 26.0 Å². The summed E-state index contributed by atoms with van der Waals surface area (Å²) in [6.45, 7) is 3.80. The lowest BCUT2D eigenvalue weighted by molar-refractivity contribution is 0.0842. The Balaban J connectivity index is 2.49. The maximum atomic E-state index is 5.64. The molecule has 0 aliphatic carbocycles. The van der Waals surface area contributed by atoms with Crippen LogP contribution in [0.15, 0.2) is 24.3 Å². The first kappa shape index (κ1) is 8.51. The maximum Gasteiger partial charge on any atom is 0.196 e. The average Bonchev–Trinajstić information content (AvgIpc) is 2.02. The van der Waals surface area contributed by atoms with Gasteiger partial charge in [0, 0.05) is 0 Å².